The van der Waals surface area contributed by atoms with Crippen LogP contribution in [0.15, 0.2) is 180 Å². The molecule has 0 atom stereocenters. The molecule has 0 aliphatic heterocycles. The van der Waals surface area contributed by atoms with Gasteiger partial charge in [-0.2, -0.15) is 0 Å². The predicted molar refractivity (Wildman–Crippen MR) is 228 cm³/mol. The second-order valence-electron chi connectivity index (χ2n) is 14.3. The number of furan rings is 1. The molecule has 0 fully saturated rings. The van der Waals surface area contributed by atoms with Crippen LogP contribution in [0, 0.1) is 20.8 Å². The topological polar surface area (TPSA) is 21.3 Å². The van der Waals surface area contributed by atoms with Gasteiger partial charge in [-0.25, -0.2) is 0 Å². The molecule has 2 aromatic heterocycles. The van der Waals surface area contributed by atoms with Crippen LogP contribution in [-0.4, -0.2) is 4.57 Å². The first kappa shape index (κ1) is 31.9. The molecular formula is C51H38N2O. The molecule has 0 N–H and O–H groups in total. The van der Waals surface area contributed by atoms with Crippen LogP contribution in [0.4, 0.5) is 17.1 Å². The summed E-state index contributed by atoms with van der Waals surface area (Å²) in [6.07, 6.45) is 0. The highest BCUT2D eigenvalue weighted by atomic mass is 16.3. The number of hydrogen-bond acceptors (Lipinski definition) is 2. The van der Waals surface area contributed by atoms with Crippen LogP contribution in [0.2, 0.25) is 0 Å². The van der Waals surface area contributed by atoms with Crippen molar-refractivity contribution in [1.82, 2.24) is 4.57 Å². The van der Waals surface area contributed by atoms with E-state index in [9.17, 15) is 0 Å². The van der Waals surface area contributed by atoms with E-state index in [0.717, 1.165) is 55.8 Å². The highest BCUT2D eigenvalue weighted by Crippen LogP contribution is 2.46. The number of fused-ring (bicyclic) bond motifs is 6. The lowest BCUT2D eigenvalue weighted by Crippen LogP contribution is -2.12. The van der Waals surface area contributed by atoms with E-state index >= 15 is 0 Å². The third-order valence-corrected chi connectivity index (χ3v) is 10.9. The maximum absolute atomic E-state index is 6.83. The molecule has 0 aliphatic carbocycles. The van der Waals surface area contributed by atoms with Crippen LogP contribution < -0.4 is 4.90 Å². The van der Waals surface area contributed by atoms with E-state index in [1.165, 1.54) is 49.6 Å². The molecule has 8 aromatic carbocycles. The Labute approximate surface area is 315 Å². The van der Waals surface area contributed by atoms with Crippen molar-refractivity contribution in [2.45, 2.75) is 20.8 Å². The number of hydrogen-bond donors (Lipinski definition) is 0. The number of para-hydroxylation sites is 4. The van der Waals surface area contributed by atoms with Gasteiger partial charge >= 0.3 is 0 Å². The molecule has 0 spiro atoms. The summed E-state index contributed by atoms with van der Waals surface area (Å²) >= 11 is 0. The fraction of sp³-hybridized carbons (Fsp3) is 0.0588. The van der Waals surface area contributed by atoms with Crippen molar-refractivity contribution in [3.05, 3.63) is 193 Å². The van der Waals surface area contributed by atoms with Gasteiger partial charge in [-0.05, 0) is 104 Å². The molecule has 10 rings (SSSR count). The average Bonchev–Trinajstić information content (AvgIpc) is 3.76. The van der Waals surface area contributed by atoms with E-state index in [1.807, 2.05) is 0 Å². The number of anilines is 3. The Bertz CT molecular complexity index is 2970. The van der Waals surface area contributed by atoms with Gasteiger partial charge in [-0.3, -0.25) is 0 Å². The molecule has 0 radical (unpaired) electrons. The van der Waals surface area contributed by atoms with Gasteiger partial charge in [-0.15, -0.1) is 0 Å². The lowest BCUT2D eigenvalue weighted by atomic mass is 9.95. The number of aryl methyl sites for hydroxylation is 3. The maximum Gasteiger partial charge on any atom is 0.143 e. The highest BCUT2D eigenvalue weighted by molar-refractivity contribution is 6.13. The summed E-state index contributed by atoms with van der Waals surface area (Å²) in [5.41, 5.74) is 16.8. The minimum atomic E-state index is 0.876. The standard InChI is InChI=1S/C51H38N2O/c1-33-25-27-37(28-26-33)52(49-30-34(2)43(29-35(49)3)36-15-5-4-6-16-36)38-31-44(51-45(32-38)42-20-10-14-24-50(42)54-51)41-19-9-13-23-48(41)53-46-21-11-7-17-39(46)40-18-8-12-22-47(40)53/h4-32H,1-3H3. The van der Waals surface area contributed by atoms with Gasteiger partial charge in [0.05, 0.1) is 16.7 Å². The molecule has 0 aliphatic rings. The summed E-state index contributed by atoms with van der Waals surface area (Å²) in [6, 6.07) is 63.5. The van der Waals surface area contributed by atoms with Gasteiger partial charge in [0.2, 0.25) is 0 Å². The lowest BCUT2D eigenvalue weighted by Gasteiger charge is -2.29. The van der Waals surface area contributed by atoms with E-state index in [2.05, 4.69) is 206 Å². The largest absolute Gasteiger partial charge is 0.455 e. The summed E-state index contributed by atoms with van der Waals surface area (Å²) in [5.74, 6) is 0. The first-order valence-corrected chi connectivity index (χ1v) is 18.6. The van der Waals surface area contributed by atoms with Crippen molar-refractivity contribution in [3.63, 3.8) is 0 Å². The van der Waals surface area contributed by atoms with E-state index in [-0.39, 0.29) is 0 Å². The van der Waals surface area contributed by atoms with Gasteiger partial charge < -0.3 is 13.9 Å². The number of aromatic nitrogens is 1. The maximum atomic E-state index is 6.83. The zero-order valence-electron chi connectivity index (χ0n) is 30.5. The van der Waals surface area contributed by atoms with Crippen LogP contribution in [0.25, 0.3) is 71.7 Å². The minimum Gasteiger partial charge on any atom is -0.455 e. The van der Waals surface area contributed by atoms with Crippen LogP contribution in [0.3, 0.4) is 0 Å². The number of benzene rings is 8. The number of rotatable bonds is 6. The first-order valence-electron chi connectivity index (χ1n) is 18.6. The van der Waals surface area contributed by atoms with E-state index < -0.39 is 0 Å². The third kappa shape index (κ3) is 5.12. The van der Waals surface area contributed by atoms with Crippen molar-refractivity contribution in [1.29, 1.82) is 0 Å². The van der Waals surface area contributed by atoms with Crippen LogP contribution in [0.5, 0.6) is 0 Å². The van der Waals surface area contributed by atoms with Crippen LogP contribution in [0.1, 0.15) is 16.7 Å². The number of nitrogens with zero attached hydrogens (tertiary/aromatic N) is 2. The molecule has 0 amide bonds. The molecule has 0 saturated carbocycles. The fourth-order valence-corrected chi connectivity index (χ4v) is 8.31. The third-order valence-electron chi connectivity index (χ3n) is 10.9. The first-order chi connectivity index (χ1) is 26.5. The molecule has 54 heavy (non-hydrogen) atoms. The van der Waals surface area contributed by atoms with Crippen molar-refractivity contribution < 1.29 is 4.42 Å². The zero-order valence-corrected chi connectivity index (χ0v) is 30.5. The van der Waals surface area contributed by atoms with E-state index in [4.69, 9.17) is 4.42 Å². The van der Waals surface area contributed by atoms with Gasteiger partial charge in [0.15, 0.2) is 0 Å². The zero-order chi connectivity index (χ0) is 36.3. The monoisotopic (exact) mass is 694 g/mol. The molecular weight excluding hydrogens is 657 g/mol. The Hall–Kier alpha value is -6.84. The summed E-state index contributed by atoms with van der Waals surface area (Å²) in [6.45, 7) is 6.59. The van der Waals surface area contributed by atoms with Crippen LogP contribution in [-0.2, 0) is 0 Å². The minimum absolute atomic E-state index is 0.876. The smallest absolute Gasteiger partial charge is 0.143 e. The van der Waals surface area contributed by atoms with E-state index in [0.29, 0.717) is 0 Å². The molecule has 258 valence electrons. The summed E-state index contributed by atoms with van der Waals surface area (Å²) in [5, 5.41) is 4.66. The van der Waals surface area contributed by atoms with Gasteiger partial charge in [-0.1, -0.05) is 121 Å². The second-order valence-corrected chi connectivity index (χ2v) is 14.3. The lowest BCUT2D eigenvalue weighted by molar-refractivity contribution is 0.670. The molecule has 2 heterocycles. The second kappa shape index (κ2) is 12.7. The van der Waals surface area contributed by atoms with Crippen molar-refractivity contribution in [3.8, 4) is 27.9 Å². The summed E-state index contributed by atoms with van der Waals surface area (Å²) < 4.78 is 9.24. The van der Waals surface area contributed by atoms with E-state index in [1.54, 1.807) is 0 Å². The van der Waals surface area contributed by atoms with Crippen molar-refractivity contribution in [2.24, 2.45) is 0 Å². The highest BCUT2D eigenvalue weighted by Gasteiger charge is 2.24. The predicted octanol–water partition coefficient (Wildman–Crippen LogP) is 14.4. The summed E-state index contributed by atoms with van der Waals surface area (Å²) in [4.78, 5) is 2.42. The van der Waals surface area contributed by atoms with Crippen molar-refractivity contribution in [2.75, 3.05) is 4.90 Å². The molecule has 10 aromatic rings. The quantitative estimate of drug-likeness (QED) is 0.173. The Morgan fingerprint density at radius 3 is 1.81 bits per heavy atom. The molecule has 3 heteroatoms. The molecule has 0 saturated heterocycles. The Morgan fingerprint density at radius 1 is 0.444 bits per heavy atom. The molecule has 0 unspecified atom stereocenters. The van der Waals surface area contributed by atoms with Gasteiger partial charge in [0.1, 0.15) is 11.2 Å². The Morgan fingerprint density at radius 2 is 1.07 bits per heavy atom. The SMILES string of the molecule is Cc1ccc(N(c2cc(-c3ccccc3-n3c4ccccc4c4ccccc43)c3oc4ccccc4c3c2)c2cc(C)c(-c3ccccc3)cc2C)cc1. The molecule has 3 nitrogen and oxygen atoms in total. The Balaban J connectivity index is 1.27. The van der Waals surface area contributed by atoms with Crippen molar-refractivity contribution >= 4 is 60.8 Å². The normalized spacial score (nSPS) is 11.6. The molecule has 0 bridgehead atoms. The summed E-state index contributed by atoms with van der Waals surface area (Å²) in [7, 11) is 0. The Kier molecular flexibility index (Phi) is 7.48. The fourth-order valence-electron chi connectivity index (χ4n) is 8.31. The van der Waals surface area contributed by atoms with Gasteiger partial charge in [0.25, 0.3) is 0 Å². The van der Waals surface area contributed by atoms with Crippen LogP contribution >= 0.6 is 0 Å². The average molecular weight is 695 g/mol. The van der Waals surface area contributed by atoms with Gasteiger partial charge in [0, 0.05) is 49.7 Å².